The number of aliphatic carboxylic acids is 1. The van der Waals surface area contributed by atoms with Gasteiger partial charge in [-0.25, -0.2) is 0 Å². The van der Waals surface area contributed by atoms with E-state index in [1.54, 1.807) is 12.2 Å². The van der Waals surface area contributed by atoms with E-state index in [0.29, 0.717) is 25.7 Å². The molecule has 3 atom stereocenters. The Hall–Kier alpha value is -2.28. The monoisotopic (exact) mass is 465 g/mol. The van der Waals surface area contributed by atoms with Crippen molar-refractivity contribution in [2.75, 3.05) is 6.54 Å². The van der Waals surface area contributed by atoms with Gasteiger partial charge in [0.2, 0.25) is 0 Å². The average Bonchev–Trinajstić information content (AvgIpc) is 2.96. The number of halogens is 2. The highest BCUT2D eigenvalue weighted by Gasteiger charge is 2.52. The van der Waals surface area contributed by atoms with Crippen LogP contribution in [-0.2, 0) is 16.0 Å². The zero-order valence-electron chi connectivity index (χ0n) is 19.7. The first kappa shape index (κ1) is 27.0. The minimum atomic E-state index is -3.39. The molecule has 0 aliphatic carbocycles. The van der Waals surface area contributed by atoms with Crippen LogP contribution >= 0.6 is 0 Å². The molecule has 1 saturated heterocycles. The van der Waals surface area contributed by atoms with Gasteiger partial charge in [0.05, 0.1) is 12.1 Å². The molecular weight excluding hydrogens is 428 g/mol. The van der Waals surface area contributed by atoms with E-state index in [2.05, 4.69) is 25.1 Å². The molecule has 0 aromatic heterocycles. The van der Waals surface area contributed by atoms with Crippen molar-refractivity contribution >= 4 is 11.9 Å². The fraction of sp³-hybridized carbons (Fsp3) is 0.615. The van der Waals surface area contributed by atoms with Crippen LogP contribution < -0.4 is 0 Å². The summed E-state index contributed by atoms with van der Waals surface area (Å²) in [6.07, 6.45) is 6.95. The fourth-order valence-corrected chi connectivity index (χ4v) is 4.27. The number of carbonyl (C=O) groups is 2. The van der Waals surface area contributed by atoms with Crippen molar-refractivity contribution in [2.45, 2.75) is 89.7 Å². The Labute approximate surface area is 195 Å². The number of nitrogens with zero attached hydrogens (tertiary/aromatic N) is 1. The summed E-state index contributed by atoms with van der Waals surface area (Å²) in [6, 6.07) is 7.60. The SMILES string of the molecule is Cc1cccc(CCC[C@H](C)[C@H](O)C=C[C@H]2CC(F)(F)C(=O)N2CCCCCCC(=O)O)c1. The molecule has 184 valence electrons. The van der Waals surface area contributed by atoms with Gasteiger partial charge in [0.25, 0.3) is 5.91 Å². The lowest BCUT2D eigenvalue weighted by atomic mass is 9.95. The molecule has 5 nitrogen and oxygen atoms in total. The van der Waals surface area contributed by atoms with E-state index in [-0.39, 0.29) is 18.9 Å². The van der Waals surface area contributed by atoms with Gasteiger partial charge in [0.15, 0.2) is 0 Å². The van der Waals surface area contributed by atoms with Gasteiger partial charge in [0, 0.05) is 19.4 Å². The zero-order chi connectivity index (χ0) is 24.4. The van der Waals surface area contributed by atoms with Crippen LogP contribution in [0.1, 0.15) is 69.4 Å². The number of rotatable bonds is 14. The number of carboxylic acids is 1. The lowest BCUT2D eigenvalue weighted by Gasteiger charge is -2.22. The molecule has 2 N–H and O–H groups in total. The number of unbranched alkanes of at least 4 members (excludes halogenated alkanes) is 3. The van der Waals surface area contributed by atoms with E-state index >= 15 is 0 Å². The lowest BCUT2D eigenvalue weighted by Crippen LogP contribution is -2.36. The number of hydrogen-bond donors (Lipinski definition) is 2. The van der Waals surface area contributed by atoms with E-state index in [1.807, 2.05) is 13.0 Å². The zero-order valence-corrected chi connectivity index (χ0v) is 19.7. The number of amides is 1. The van der Waals surface area contributed by atoms with Crippen molar-refractivity contribution in [3.05, 3.63) is 47.5 Å². The highest BCUT2D eigenvalue weighted by atomic mass is 19.3. The van der Waals surface area contributed by atoms with E-state index in [4.69, 9.17) is 5.11 Å². The predicted molar refractivity (Wildman–Crippen MR) is 124 cm³/mol. The summed E-state index contributed by atoms with van der Waals surface area (Å²) in [4.78, 5) is 23.9. The molecule has 7 heteroatoms. The van der Waals surface area contributed by atoms with Crippen LogP contribution in [0.4, 0.5) is 8.78 Å². The highest BCUT2D eigenvalue weighted by Crippen LogP contribution is 2.34. The Morgan fingerprint density at radius 1 is 1.24 bits per heavy atom. The first-order valence-corrected chi connectivity index (χ1v) is 11.9. The van der Waals surface area contributed by atoms with E-state index in [1.165, 1.54) is 16.0 Å². The average molecular weight is 466 g/mol. The molecule has 0 spiro atoms. The van der Waals surface area contributed by atoms with Crippen molar-refractivity contribution in [3.8, 4) is 0 Å². The summed E-state index contributed by atoms with van der Waals surface area (Å²) in [7, 11) is 0. The number of aryl methyl sites for hydroxylation is 2. The summed E-state index contributed by atoms with van der Waals surface area (Å²) in [6.45, 7) is 4.20. The Morgan fingerprint density at radius 2 is 1.97 bits per heavy atom. The summed E-state index contributed by atoms with van der Waals surface area (Å²) < 4.78 is 28.1. The number of likely N-dealkylation sites (tertiary alicyclic amines) is 1. The van der Waals surface area contributed by atoms with Crippen molar-refractivity contribution in [3.63, 3.8) is 0 Å². The predicted octanol–water partition coefficient (Wildman–Crippen LogP) is 5.14. The molecule has 1 aliphatic heterocycles. The Morgan fingerprint density at radius 3 is 2.67 bits per heavy atom. The maximum atomic E-state index is 14.0. The third-order valence-corrected chi connectivity index (χ3v) is 6.30. The second-order valence-electron chi connectivity index (χ2n) is 9.27. The number of carbonyl (C=O) groups excluding carboxylic acids is 1. The van der Waals surface area contributed by atoms with Gasteiger partial charge in [0.1, 0.15) is 0 Å². The molecule has 0 bridgehead atoms. The first-order valence-electron chi connectivity index (χ1n) is 11.9. The Bertz CT molecular complexity index is 811. The van der Waals surface area contributed by atoms with Crippen molar-refractivity contribution < 1.29 is 28.6 Å². The molecule has 33 heavy (non-hydrogen) atoms. The summed E-state index contributed by atoms with van der Waals surface area (Å²) in [5.41, 5.74) is 2.48. The van der Waals surface area contributed by atoms with Crippen molar-refractivity contribution in [2.24, 2.45) is 5.92 Å². The number of hydrogen-bond acceptors (Lipinski definition) is 3. The van der Waals surface area contributed by atoms with E-state index in [9.17, 15) is 23.5 Å². The molecule has 1 amide bonds. The van der Waals surface area contributed by atoms with Crippen LogP contribution in [0, 0.1) is 12.8 Å². The van der Waals surface area contributed by atoms with Crippen LogP contribution in [-0.4, -0.2) is 51.6 Å². The molecular formula is C26H37F2NO4. The molecule has 1 aromatic carbocycles. The quantitative estimate of drug-likeness (QED) is 0.295. The highest BCUT2D eigenvalue weighted by molar-refractivity contribution is 5.86. The number of aliphatic hydroxyl groups is 1. The van der Waals surface area contributed by atoms with Crippen molar-refractivity contribution in [1.29, 1.82) is 0 Å². The minimum Gasteiger partial charge on any atom is -0.481 e. The largest absolute Gasteiger partial charge is 0.481 e. The second-order valence-corrected chi connectivity index (χ2v) is 9.27. The molecule has 0 saturated carbocycles. The molecule has 1 aromatic rings. The second kappa shape index (κ2) is 12.8. The number of benzene rings is 1. The first-order chi connectivity index (χ1) is 15.6. The third-order valence-electron chi connectivity index (χ3n) is 6.30. The van der Waals surface area contributed by atoms with E-state index < -0.39 is 36.4 Å². The van der Waals surface area contributed by atoms with E-state index in [0.717, 1.165) is 19.3 Å². The summed E-state index contributed by atoms with van der Waals surface area (Å²) in [5, 5.41) is 19.2. The van der Waals surface area contributed by atoms with Gasteiger partial charge in [-0.15, -0.1) is 0 Å². The Balaban J connectivity index is 1.82. The summed E-state index contributed by atoms with van der Waals surface area (Å²) in [5.74, 6) is -5.42. The van der Waals surface area contributed by atoms with Gasteiger partial charge in [-0.05, 0) is 50.5 Å². The van der Waals surface area contributed by atoms with Gasteiger partial charge >= 0.3 is 11.9 Å². The molecule has 0 unspecified atom stereocenters. The van der Waals surface area contributed by atoms with Crippen LogP contribution in [0.3, 0.4) is 0 Å². The standard InChI is InChI=1S/C26H37F2NO4/c1-19-9-7-11-21(17-19)12-8-10-20(2)23(30)15-14-22-18-26(27,28)25(33)29(22)16-6-4-3-5-13-24(31)32/h7,9,11,14-15,17,20,22-23,30H,3-6,8,10,12-13,16,18H2,1-2H3,(H,31,32)/t20-,22-,23+/m0/s1. The molecule has 1 fully saturated rings. The van der Waals surface area contributed by atoms with Gasteiger partial charge in [-0.1, -0.05) is 61.7 Å². The van der Waals surface area contributed by atoms with Gasteiger partial charge < -0.3 is 15.1 Å². The van der Waals surface area contributed by atoms with Crippen LogP contribution in [0.5, 0.6) is 0 Å². The molecule has 1 heterocycles. The van der Waals surface area contributed by atoms with Crippen molar-refractivity contribution in [1.82, 2.24) is 4.90 Å². The maximum absolute atomic E-state index is 14.0. The minimum absolute atomic E-state index is 0.0219. The van der Waals surface area contributed by atoms with Gasteiger partial charge in [-0.3, -0.25) is 9.59 Å². The molecule has 0 radical (unpaired) electrons. The van der Waals surface area contributed by atoms with Gasteiger partial charge in [-0.2, -0.15) is 8.78 Å². The summed E-state index contributed by atoms with van der Waals surface area (Å²) >= 11 is 0. The Kier molecular flexibility index (Phi) is 10.5. The lowest BCUT2D eigenvalue weighted by molar-refractivity contribution is -0.148. The molecule has 2 rings (SSSR count). The molecule has 1 aliphatic rings. The van der Waals surface area contributed by atoms with Crippen LogP contribution in [0.25, 0.3) is 0 Å². The third kappa shape index (κ3) is 8.88. The maximum Gasteiger partial charge on any atom is 0.327 e. The normalized spacial score (nSPS) is 19.8. The topological polar surface area (TPSA) is 77.8 Å². The van der Waals surface area contributed by atoms with Crippen LogP contribution in [0.2, 0.25) is 0 Å². The van der Waals surface area contributed by atoms with Crippen LogP contribution in [0.15, 0.2) is 36.4 Å². The fourth-order valence-electron chi connectivity index (χ4n) is 4.27. The smallest absolute Gasteiger partial charge is 0.327 e. The number of alkyl halides is 2. The number of aliphatic hydroxyl groups excluding tert-OH is 1. The number of carboxylic acid groups (broad SMARTS) is 1.